The fraction of sp³-hybridized carbons (Fsp3) is 0.480. The van der Waals surface area contributed by atoms with Crippen molar-refractivity contribution < 1.29 is 34.8 Å². The van der Waals surface area contributed by atoms with E-state index in [9.17, 15) is 34.8 Å². The number of fused-ring (bicyclic) bond motifs is 3. The Labute approximate surface area is 197 Å². The van der Waals surface area contributed by atoms with Crippen molar-refractivity contribution in [1.29, 1.82) is 0 Å². The van der Waals surface area contributed by atoms with Crippen LogP contribution in [-0.2, 0) is 26.2 Å². The van der Waals surface area contributed by atoms with E-state index in [0.29, 0.717) is 11.1 Å². The van der Waals surface area contributed by atoms with Gasteiger partial charge in [-0.3, -0.25) is 19.3 Å². The Bertz CT molecular complexity index is 1200. The minimum Gasteiger partial charge on any atom is -0.508 e. The molecule has 9 nitrogen and oxygen atoms in total. The van der Waals surface area contributed by atoms with Crippen LogP contribution in [0.4, 0.5) is 0 Å². The number of hydrogen-bond acceptors (Lipinski definition) is 8. The lowest BCUT2D eigenvalue weighted by atomic mass is 9.57. The first-order valence-corrected chi connectivity index (χ1v) is 11.1. The molecule has 182 valence electrons. The Hall–Kier alpha value is -3.17. The molecule has 1 fully saturated rings. The molecule has 3 aliphatic rings. The molecule has 0 unspecified atom stereocenters. The molecule has 0 spiro atoms. The molecule has 1 amide bonds. The maximum absolute atomic E-state index is 13.8. The highest BCUT2D eigenvalue weighted by molar-refractivity contribution is 6.24. The zero-order chi connectivity index (χ0) is 25.5. The highest BCUT2D eigenvalue weighted by Gasteiger charge is 2.64. The second-order valence-corrected chi connectivity index (χ2v) is 10.7. The second-order valence-electron chi connectivity index (χ2n) is 10.7. The van der Waals surface area contributed by atoms with Crippen molar-refractivity contribution in [1.82, 2.24) is 4.90 Å². The topological polar surface area (TPSA) is 161 Å². The fourth-order valence-electron chi connectivity index (χ4n) is 5.82. The molecule has 4 atom stereocenters. The first kappa shape index (κ1) is 24.0. The van der Waals surface area contributed by atoms with Gasteiger partial charge in [-0.25, -0.2) is 0 Å². The van der Waals surface area contributed by atoms with Gasteiger partial charge in [-0.15, -0.1) is 0 Å². The molecule has 0 aliphatic heterocycles. The smallest absolute Gasteiger partial charge is 0.255 e. The quantitative estimate of drug-likeness (QED) is 0.404. The number of phenols is 1. The minimum absolute atomic E-state index is 0.0769. The van der Waals surface area contributed by atoms with Crippen LogP contribution >= 0.6 is 0 Å². The largest absolute Gasteiger partial charge is 0.508 e. The predicted octanol–water partition coefficient (Wildman–Crippen LogP) is 1.26. The summed E-state index contributed by atoms with van der Waals surface area (Å²) in [6.07, 6.45) is 0.361. The molecule has 4 rings (SSSR count). The number of hydrogen-bond donors (Lipinski definition) is 5. The molecule has 1 saturated carbocycles. The van der Waals surface area contributed by atoms with Gasteiger partial charge < -0.3 is 26.2 Å². The zero-order valence-corrected chi connectivity index (χ0v) is 19.8. The number of phenolic OH excluding ortho intramolecular Hbond substituents is 1. The molecule has 0 saturated heterocycles. The van der Waals surface area contributed by atoms with Crippen molar-refractivity contribution >= 4 is 23.2 Å². The Morgan fingerprint density at radius 1 is 1.15 bits per heavy atom. The summed E-state index contributed by atoms with van der Waals surface area (Å²) < 4.78 is 0. The van der Waals surface area contributed by atoms with Crippen molar-refractivity contribution in [3.8, 4) is 5.75 Å². The number of aromatic hydroxyl groups is 1. The van der Waals surface area contributed by atoms with Crippen LogP contribution in [0.2, 0.25) is 0 Å². The van der Waals surface area contributed by atoms with Gasteiger partial charge in [0.15, 0.2) is 11.4 Å². The van der Waals surface area contributed by atoms with Gasteiger partial charge in [-0.05, 0) is 43.8 Å². The number of likely N-dealkylation sites (N-methyl/N-ethyl adjacent to an activating group) is 1. The number of benzene rings is 1. The zero-order valence-electron chi connectivity index (χ0n) is 19.8. The van der Waals surface area contributed by atoms with Crippen molar-refractivity contribution in [2.75, 3.05) is 14.1 Å². The lowest BCUT2D eigenvalue weighted by molar-refractivity contribution is -0.153. The number of aliphatic hydroxyl groups excluding tert-OH is 2. The van der Waals surface area contributed by atoms with E-state index in [1.165, 1.54) is 4.90 Å². The van der Waals surface area contributed by atoms with Crippen LogP contribution in [0.15, 0.2) is 29.0 Å². The van der Waals surface area contributed by atoms with E-state index in [0.717, 1.165) is 0 Å². The number of ketones is 2. The summed E-state index contributed by atoms with van der Waals surface area (Å²) in [4.78, 5) is 40.3. The lowest BCUT2D eigenvalue weighted by Crippen LogP contribution is -2.65. The molecule has 1 aromatic rings. The van der Waals surface area contributed by atoms with Gasteiger partial charge in [0.1, 0.15) is 22.8 Å². The standard InChI is InChI=1S/C25H30N2O7/c1-24(2,3)12-7-6-10-8-11-9-13-17(27(4)5)20(30)16(23(26)33)22(32)25(13,34)21(31)15(11)19(29)14(10)18(12)28/h6-7,11,13,17,28-29,32,34H,8-9H2,1-5H3,(H2,26,33)/t11-,13+,17+,25+/m1/s1. The summed E-state index contributed by atoms with van der Waals surface area (Å²) in [5.74, 6) is -6.38. The van der Waals surface area contributed by atoms with E-state index in [1.54, 1.807) is 26.2 Å². The number of carbonyl (C=O) groups is 3. The third-order valence-corrected chi connectivity index (χ3v) is 7.40. The highest BCUT2D eigenvalue weighted by Crippen LogP contribution is 2.53. The van der Waals surface area contributed by atoms with Gasteiger partial charge in [0.25, 0.3) is 5.91 Å². The van der Waals surface area contributed by atoms with Gasteiger partial charge >= 0.3 is 0 Å². The fourth-order valence-corrected chi connectivity index (χ4v) is 5.82. The Morgan fingerprint density at radius 3 is 2.29 bits per heavy atom. The van der Waals surface area contributed by atoms with E-state index < -0.39 is 63.5 Å². The maximum atomic E-state index is 13.8. The lowest BCUT2D eigenvalue weighted by Gasteiger charge is -2.50. The SMILES string of the molecule is CN(C)[C@@H]1C(=O)C(C(N)=O)=C(O)[C@@]2(O)C(=O)C3=C(O)c4c(ccc(C(C)(C)C)c4O)C[C@@H]3C[C@@H]12. The van der Waals surface area contributed by atoms with Crippen molar-refractivity contribution in [3.63, 3.8) is 0 Å². The number of carbonyl (C=O) groups excluding carboxylic acids is 3. The van der Waals surface area contributed by atoms with E-state index in [-0.39, 0.29) is 29.7 Å². The predicted molar refractivity (Wildman–Crippen MR) is 123 cm³/mol. The number of aliphatic hydroxyl groups is 3. The van der Waals surface area contributed by atoms with Crippen LogP contribution in [-0.4, -0.2) is 68.5 Å². The van der Waals surface area contributed by atoms with Crippen LogP contribution in [0.3, 0.4) is 0 Å². The normalized spacial score (nSPS) is 29.2. The average molecular weight is 471 g/mol. The number of primary amides is 1. The first-order valence-electron chi connectivity index (χ1n) is 11.1. The van der Waals surface area contributed by atoms with Gasteiger partial charge in [-0.2, -0.15) is 0 Å². The van der Waals surface area contributed by atoms with Crippen LogP contribution in [0.25, 0.3) is 5.76 Å². The highest BCUT2D eigenvalue weighted by atomic mass is 16.3. The number of nitrogens with zero attached hydrogens (tertiary/aromatic N) is 1. The summed E-state index contributed by atoms with van der Waals surface area (Å²) in [6.45, 7) is 5.70. The van der Waals surface area contributed by atoms with Gasteiger partial charge in [0.2, 0.25) is 5.78 Å². The molecular weight excluding hydrogens is 440 g/mol. The van der Waals surface area contributed by atoms with Crippen molar-refractivity contribution in [2.24, 2.45) is 17.6 Å². The Balaban J connectivity index is 1.97. The Kier molecular flexibility index (Phi) is 5.23. The van der Waals surface area contributed by atoms with Crippen molar-refractivity contribution in [2.45, 2.75) is 50.7 Å². The number of nitrogens with two attached hydrogens (primary N) is 1. The molecule has 0 bridgehead atoms. The van der Waals surface area contributed by atoms with Gasteiger partial charge in [0.05, 0.1) is 11.6 Å². The summed E-state index contributed by atoms with van der Waals surface area (Å²) in [6, 6.07) is 2.49. The van der Waals surface area contributed by atoms with Gasteiger partial charge in [-0.1, -0.05) is 32.9 Å². The maximum Gasteiger partial charge on any atom is 0.255 e. The number of amides is 1. The number of Topliss-reactive ketones (excluding diaryl/α,β-unsaturated/α-hetero) is 2. The monoisotopic (exact) mass is 470 g/mol. The third kappa shape index (κ3) is 3.03. The summed E-state index contributed by atoms with van der Waals surface area (Å²) in [5.41, 5.74) is 2.62. The summed E-state index contributed by atoms with van der Waals surface area (Å²) >= 11 is 0. The molecule has 0 heterocycles. The van der Waals surface area contributed by atoms with E-state index in [1.807, 2.05) is 20.8 Å². The van der Waals surface area contributed by atoms with E-state index in [4.69, 9.17) is 5.73 Å². The molecule has 6 N–H and O–H groups in total. The van der Waals surface area contributed by atoms with Gasteiger partial charge in [0, 0.05) is 17.1 Å². The average Bonchev–Trinajstić information content (AvgIpc) is 2.69. The Morgan fingerprint density at radius 2 is 1.76 bits per heavy atom. The molecule has 3 aliphatic carbocycles. The third-order valence-electron chi connectivity index (χ3n) is 7.40. The molecule has 0 aromatic heterocycles. The minimum atomic E-state index is -2.62. The first-order chi connectivity index (χ1) is 15.6. The van der Waals surface area contributed by atoms with Crippen LogP contribution in [0, 0.1) is 11.8 Å². The number of rotatable bonds is 2. The van der Waals surface area contributed by atoms with E-state index in [2.05, 4.69) is 0 Å². The summed E-state index contributed by atoms with van der Waals surface area (Å²) in [5, 5.41) is 44.6. The van der Waals surface area contributed by atoms with Crippen LogP contribution < -0.4 is 5.73 Å². The molecular formula is C25H30N2O7. The molecule has 1 aromatic carbocycles. The molecule has 9 heteroatoms. The second kappa shape index (κ2) is 7.41. The molecule has 0 radical (unpaired) electrons. The van der Waals surface area contributed by atoms with Crippen LogP contribution in [0.1, 0.15) is 43.9 Å². The summed E-state index contributed by atoms with van der Waals surface area (Å²) in [7, 11) is 3.14. The van der Waals surface area contributed by atoms with Crippen LogP contribution in [0.5, 0.6) is 5.75 Å². The van der Waals surface area contributed by atoms with Crippen molar-refractivity contribution in [3.05, 3.63) is 45.7 Å². The van der Waals surface area contributed by atoms with E-state index >= 15 is 0 Å². The molecule has 34 heavy (non-hydrogen) atoms.